The van der Waals surface area contributed by atoms with Crippen molar-refractivity contribution >= 4 is 5.97 Å². The molecule has 1 atom stereocenters. The van der Waals surface area contributed by atoms with Crippen molar-refractivity contribution in [2.24, 2.45) is 5.92 Å². The summed E-state index contributed by atoms with van der Waals surface area (Å²) in [6, 6.07) is 0. The number of hydrogen-bond donors (Lipinski definition) is 1. The van der Waals surface area contributed by atoms with E-state index in [9.17, 15) is 4.79 Å². The van der Waals surface area contributed by atoms with E-state index in [1.165, 1.54) is 0 Å². The van der Waals surface area contributed by atoms with Gasteiger partial charge in [-0.15, -0.1) is 0 Å². The van der Waals surface area contributed by atoms with Crippen LogP contribution in [0.1, 0.15) is 40.5 Å². The molecule has 14 heavy (non-hydrogen) atoms. The maximum atomic E-state index is 10.9. The number of hydrogen-bond acceptors (Lipinski definition) is 3. The summed E-state index contributed by atoms with van der Waals surface area (Å²) in [6.07, 6.45) is 1.60. The molecule has 0 saturated heterocycles. The molecule has 1 N–H and O–H groups in total. The molecule has 0 radical (unpaired) electrons. The maximum Gasteiger partial charge on any atom is 0.305 e. The summed E-state index contributed by atoms with van der Waals surface area (Å²) in [5.74, 6) is 0.596. The minimum absolute atomic E-state index is 0.0189. The molecule has 0 bridgehead atoms. The fourth-order valence-corrected chi connectivity index (χ4v) is 1.05. The molecule has 3 heteroatoms. The van der Waals surface area contributed by atoms with Crippen molar-refractivity contribution in [2.75, 3.05) is 13.1 Å². The second-order valence-corrected chi connectivity index (χ2v) is 4.04. The third kappa shape index (κ3) is 8.05. The van der Waals surface area contributed by atoms with Crippen LogP contribution < -0.4 is 5.32 Å². The molecule has 0 aromatic carbocycles. The largest absolute Gasteiger partial charge is 0.461 e. The molecule has 84 valence electrons. The van der Waals surface area contributed by atoms with Crippen molar-refractivity contribution in [1.29, 1.82) is 0 Å². The molecule has 0 aromatic rings. The lowest BCUT2D eigenvalue weighted by atomic mass is 10.1. The molecule has 0 heterocycles. The zero-order valence-corrected chi connectivity index (χ0v) is 9.80. The predicted octanol–water partition coefficient (Wildman–Crippen LogP) is 1.96. The first kappa shape index (κ1) is 13.4. The van der Waals surface area contributed by atoms with Gasteiger partial charge >= 0.3 is 5.97 Å². The van der Waals surface area contributed by atoms with Crippen LogP contribution in [0.4, 0.5) is 0 Å². The van der Waals surface area contributed by atoms with E-state index in [4.69, 9.17) is 4.74 Å². The van der Waals surface area contributed by atoms with Gasteiger partial charge in [-0.25, -0.2) is 0 Å². The SMILES string of the molecule is CCC(=O)OC(C)CNCCC(C)C. The van der Waals surface area contributed by atoms with Crippen LogP contribution in [-0.4, -0.2) is 25.2 Å². The minimum atomic E-state index is -0.122. The number of rotatable bonds is 7. The minimum Gasteiger partial charge on any atom is -0.461 e. The van der Waals surface area contributed by atoms with Crippen molar-refractivity contribution in [3.05, 3.63) is 0 Å². The standard InChI is InChI=1S/C11H23NO2/c1-5-11(13)14-10(4)8-12-7-6-9(2)3/h9-10,12H,5-8H2,1-4H3. The Hall–Kier alpha value is -0.570. The fourth-order valence-electron chi connectivity index (χ4n) is 1.05. The van der Waals surface area contributed by atoms with Crippen molar-refractivity contribution in [1.82, 2.24) is 5.32 Å². The predicted molar refractivity (Wildman–Crippen MR) is 58.2 cm³/mol. The van der Waals surface area contributed by atoms with Gasteiger partial charge in [-0.3, -0.25) is 4.79 Å². The molecule has 0 fully saturated rings. The third-order valence-corrected chi connectivity index (χ3v) is 1.95. The van der Waals surface area contributed by atoms with E-state index >= 15 is 0 Å². The van der Waals surface area contributed by atoms with Gasteiger partial charge in [0.05, 0.1) is 0 Å². The Labute approximate surface area is 87.2 Å². The van der Waals surface area contributed by atoms with Gasteiger partial charge in [-0.1, -0.05) is 20.8 Å². The molecular formula is C11H23NO2. The van der Waals surface area contributed by atoms with Crippen LogP contribution in [0.2, 0.25) is 0 Å². The molecule has 0 aromatic heterocycles. The third-order valence-electron chi connectivity index (χ3n) is 1.95. The van der Waals surface area contributed by atoms with Crippen LogP contribution >= 0.6 is 0 Å². The van der Waals surface area contributed by atoms with Crippen molar-refractivity contribution in [3.8, 4) is 0 Å². The van der Waals surface area contributed by atoms with Crippen LogP contribution in [0.5, 0.6) is 0 Å². The highest BCUT2D eigenvalue weighted by Crippen LogP contribution is 1.97. The van der Waals surface area contributed by atoms with Gasteiger partial charge in [0, 0.05) is 13.0 Å². The fraction of sp³-hybridized carbons (Fsp3) is 0.909. The molecule has 1 unspecified atom stereocenters. The lowest BCUT2D eigenvalue weighted by Gasteiger charge is -2.14. The molecule has 3 nitrogen and oxygen atoms in total. The maximum absolute atomic E-state index is 10.9. The first-order chi connectivity index (χ1) is 6.56. The molecule has 0 amide bonds. The highest BCUT2D eigenvalue weighted by atomic mass is 16.5. The van der Waals surface area contributed by atoms with Gasteiger partial charge in [-0.2, -0.15) is 0 Å². The summed E-state index contributed by atoms with van der Waals surface area (Å²) < 4.78 is 5.11. The Morgan fingerprint density at radius 2 is 2.00 bits per heavy atom. The summed E-state index contributed by atoms with van der Waals surface area (Å²) in [5.41, 5.74) is 0. The zero-order chi connectivity index (χ0) is 11.0. The quantitative estimate of drug-likeness (QED) is 0.505. The van der Waals surface area contributed by atoms with Crippen molar-refractivity contribution < 1.29 is 9.53 Å². The van der Waals surface area contributed by atoms with Gasteiger partial charge < -0.3 is 10.1 Å². The molecule has 0 aliphatic carbocycles. The Balaban J connectivity index is 3.35. The number of ether oxygens (including phenoxy) is 1. The lowest BCUT2D eigenvalue weighted by molar-refractivity contribution is -0.147. The first-order valence-electron chi connectivity index (χ1n) is 5.46. The van der Waals surface area contributed by atoms with Crippen LogP contribution in [0.3, 0.4) is 0 Å². The summed E-state index contributed by atoms with van der Waals surface area (Å²) in [6.45, 7) is 9.85. The van der Waals surface area contributed by atoms with Gasteiger partial charge in [0.25, 0.3) is 0 Å². The Morgan fingerprint density at radius 3 is 2.50 bits per heavy atom. The van der Waals surface area contributed by atoms with Crippen LogP contribution in [-0.2, 0) is 9.53 Å². The first-order valence-corrected chi connectivity index (χ1v) is 5.46. The summed E-state index contributed by atoms with van der Waals surface area (Å²) in [4.78, 5) is 10.9. The van der Waals surface area contributed by atoms with Crippen molar-refractivity contribution in [2.45, 2.75) is 46.6 Å². The zero-order valence-electron chi connectivity index (χ0n) is 9.80. The van der Waals surface area contributed by atoms with Gasteiger partial charge in [0.15, 0.2) is 0 Å². The highest BCUT2D eigenvalue weighted by Gasteiger charge is 2.06. The molecule has 0 aliphatic rings. The van der Waals surface area contributed by atoms with E-state index < -0.39 is 0 Å². The number of carbonyl (C=O) groups is 1. The van der Waals surface area contributed by atoms with E-state index in [0.29, 0.717) is 6.42 Å². The Morgan fingerprint density at radius 1 is 1.36 bits per heavy atom. The average molecular weight is 201 g/mol. The topological polar surface area (TPSA) is 38.3 Å². The molecule has 0 spiro atoms. The normalized spacial score (nSPS) is 12.9. The average Bonchev–Trinajstić information content (AvgIpc) is 2.12. The summed E-state index contributed by atoms with van der Waals surface area (Å²) in [7, 11) is 0. The number of nitrogens with one attached hydrogen (secondary N) is 1. The molecular weight excluding hydrogens is 178 g/mol. The van der Waals surface area contributed by atoms with Crippen LogP contribution in [0, 0.1) is 5.92 Å². The second kappa shape index (κ2) is 7.80. The number of carbonyl (C=O) groups excluding carboxylic acids is 1. The molecule has 0 aliphatic heterocycles. The monoisotopic (exact) mass is 201 g/mol. The van der Waals surface area contributed by atoms with E-state index in [2.05, 4.69) is 19.2 Å². The lowest BCUT2D eigenvalue weighted by Crippen LogP contribution is -2.29. The Bertz CT molecular complexity index is 157. The van der Waals surface area contributed by atoms with Gasteiger partial charge in [0.1, 0.15) is 6.10 Å². The van der Waals surface area contributed by atoms with E-state index in [-0.39, 0.29) is 12.1 Å². The van der Waals surface area contributed by atoms with Gasteiger partial charge in [0.2, 0.25) is 0 Å². The summed E-state index contributed by atoms with van der Waals surface area (Å²) in [5, 5.41) is 3.27. The van der Waals surface area contributed by atoms with Gasteiger partial charge in [-0.05, 0) is 25.8 Å². The number of esters is 1. The summed E-state index contributed by atoms with van der Waals surface area (Å²) >= 11 is 0. The van der Waals surface area contributed by atoms with Crippen LogP contribution in [0.15, 0.2) is 0 Å². The molecule has 0 saturated carbocycles. The molecule has 0 rings (SSSR count). The second-order valence-electron chi connectivity index (χ2n) is 4.04. The van der Waals surface area contributed by atoms with E-state index in [0.717, 1.165) is 25.4 Å². The van der Waals surface area contributed by atoms with Crippen molar-refractivity contribution in [3.63, 3.8) is 0 Å². The Kier molecular flexibility index (Phi) is 7.48. The van der Waals surface area contributed by atoms with Crippen LogP contribution in [0.25, 0.3) is 0 Å². The van der Waals surface area contributed by atoms with E-state index in [1.54, 1.807) is 6.92 Å². The smallest absolute Gasteiger partial charge is 0.305 e. The highest BCUT2D eigenvalue weighted by molar-refractivity contribution is 5.69. The van der Waals surface area contributed by atoms with E-state index in [1.807, 2.05) is 6.92 Å².